The summed E-state index contributed by atoms with van der Waals surface area (Å²) in [5.41, 5.74) is 5.64. The van der Waals surface area contributed by atoms with E-state index < -0.39 is 0 Å². The van der Waals surface area contributed by atoms with Crippen LogP contribution in [0.2, 0.25) is 0 Å². The fourth-order valence-corrected chi connectivity index (χ4v) is 2.34. The summed E-state index contributed by atoms with van der Waals surface area (Å²) in [6.07, 6.45) is 2.97. The van der Waals surface area contributed by atoms with E-state index >= 15 is 0 Å². The summed E-state index contributed by atoms with van der Waals surface area (Å²) in [5, 5.41) is 5.48. The molecule has 0 saturated heterocycles. The van der Waals surface area contributed by atoms with E-state index in [1.165, 1.54) is 0 Å². The van der Waals surface area contributed by atoms with E-state index in [2.05, 4.69) is 10.6 Å². The van der Waals surface area contributed by atoms with Crippen LogP contribution in [0.5, 0.6) is 0 Å². The lowest BCUT2D eigenvalue weighted by Gasteiger charge is -2.17. The van der Waals surface area contributed by atoms with Crippen molar-refractivity contribution in [2.45, 2.75) is 33.1 Å². The minimum absolute atomic E-state index is 0.00658. The first-order valence-electron chi connectivity index (χ1n) is 6.79. The third kappa shape index (κ3) is 4.64. The molecule has 1 aliphatic rings. The number of carbonyl (C=O) groups excluding carboxylic acids is 2. The molecule has 5 heteroatoms. The van der Waals surface area contributed by atoms with Crippen molar-refractivity contribution in [3.8, 4) is 0 Å². The molecule has 0 aromatic rings. The molecule has 0 bridgehead atoms. The molecule has 1 rings (SSSR count). The van der Waals surface area contributed by atoms with Crippen molar-refractivity contribution in [2.24, 2.45) is 23.5 Å². The van der Waals surface area contributed by atoms with Gasteiger partial charge in [-0.2, -0.15) is 0 Å². The van der Waals surface area contributed by atoms with Crippen LogP contribution in [0.15, 0.2) is 0 Å². The average molecular weight is 255 g/mol. The number of nitrogens with one attached hydrogen (secondary N) is 2. The normalized spacial score (nSPS) is 23.1. The van der Waals surface area contributed by atoms with Gasteiger partial charge in [0.1, 0.15) is 0 Å². The fraction of sp³-hybridized carbons (Fsp3) is 0.846. The molecule has 18 heavy (non-hydrogen) atoms. The van der Waals surface area contributed by atoms with E-state index in [1.807, 2.05) is 13.8 Å². The third-order valence-electron chi connectivity index (χ3n) is 3.43. The van der Waals surface area contributed by atoms with Gasteiger partial charge in [0.2, 0.25) is 11.8 Å². The van der Waals surface area contributed by atoms with Gasteiger partial charge in [-0.25, -0.2) is 0 Å². The molecular formula is C13H25N3O2. The SMILES string of the molecule is CC(C)CNC(=O)CNC(=O)C1CCCC1CN. The maximum Gasteiger partial charge on any atom is 0.239 e. The van der Waals surface area contributed by atoms with Crippen LogP contribution in [0, 0.1) is 17.8 Å². The first kappa shape index (κ1) is 15.0. The Labute approximate surface area is 109 Å². The van der Waals surface area contributed by atoms with E-state index in [9.17, 15) is 9.59 Å². The second kappa shape index (κ2) is 7.36. The largest absolute Gasteiger partial charge is 0.354 e. The Morgan fingerprint density at radius 1 is 1.28 bits per heavy atom. The first-order valence-corrected chi connectivity index (χ1v) is 6.79. The highest BCUT2D eigenvalue weighted by Crippen LogP contribution is 2.30. The molecular weight excluding hydrogens is 230 g/mol. The van der Waals surface area contributed by atoms with Crippen LogP contribution in [-0.4, -0.2) is 31.4 Å². The molecule has 2 unspecified atom stereocenters. The van der Waals surface area contributed by atoms with Crippen LogP contribution in [0.3, 0.4) is 0 Å². The standard InChI is InChI=1S/C13H25N3O2/c1-9(2)7-15-12(17)8-16-13(18)11-5-3-4-10(11)6-14/h9-11H,3-8,14H2,1-2H3,(H,15,17)(H,16,18). The lowest BCUT2D eigenvalue weighted by atomic mass is 9.95. The smallest absolute Gasteiger partial charge is 0.239 e. The molecule has 0 spiro atoms. The molecule has 0 heterocycles. The maximum absolute atomic E-state index is 11.9. The Morgan fingerprint density at radius 3 is 2.61 bits per heavy atom. The zero-order chi connectivity index (χ0) is 13.5. The summed E-state index contributed by atoms with van der Waals surface area (Å²) in [7, 11) is 0. The Kier molecular flexibility index (Phi) is 6.12. The van der Waals surface area contributed by atoms with Gasteiger partial charge < -0.3 is 16.4 Å². The average Bonchev–Trinajstić information content (AvgIpc) is 2.81. The summed E-state index contributed by atoms with van der Waals surface area (Å²) in [4.78, 5) is 23.4. The first-order chi connectivity index (χ1) is 8.54. The highest BCUT2D eigenvalue weighted by atomic mass is 16.2. The van der Waals surface area contributed by atoms with Crippen molar-refractivity contribution in [1.29, 1.82) is 0 Å². The van der Waals surface area contributed by atoms with Crippen molar-refractivity contribution in [1.82, 2.24) is 10.6 Å². The Morgan fingerprint density at radius 2 is 2.00 bits per heavy atom. The molecule has 0 aliphatic heterocycles. The van der Waals surface area contributed by atoms with Gasteiger partial charge in [-0.15, -0.1) is 0 Å². The molecule has 1 aliphatic carbocycles. The van der Waals surface area contributed by atoms with Gasteiger partial charge in [0, 0.05) is 12.5 Å². The number of hydrogen-bond donors (Lipinski definition) is 3. The molecule has 2 amide bonds. The number of carbonyl (C=O) groups is 2. The molecule has 0 radical (unpaired) electrons. The summed E-state index contributed by atoms with van der Waals surface area (Å²) >= 11 is 0. The van der Waals surface area contributed by atoms with Gasteiger partial charge in [-0.05, 0) is 31.2 Å². The number of hydrogen-bond acceptors (Lipinski definition) is 3. The van der Waals surface area contributed by atoms with Gasteiger partial charge in [-0.3, -0.25) is 9.59 Å². The van der Waals surface area contributed by atoms with Crippen LogP contribution in [-0.2, 0) is 9.59 Å². The molecule has 1 fully saturated rings. The second-order valence-electron chi connectivity index (χ2n) is 5.45. The van der Waals surface area contributed by atoms with Gasteiger partial charge in [0.05, 0.1) is 6.54 Å². The lowest BCUT2D eigenvalue weighted by molar-refractivity contribution is -0.129. The van der Waals surface area contributed by atoms with Crippen LogP contribution in [0.25, 0.3) is 0 Å². The van der Waals surface area contributed by atoms with Crippen LogP contribution in [0.4, 0.5) is 0 Å². The van der Waals surface area contributed by atoms with Crippen molar-refractivity contribution >= 4 is 11.8 Å². The maximum atomic E-state index is 11.9. The van der Waals surface area contributed by atoms with E-state index in [0.717, 1.165) is 19.3 Å². The summed E-state index contributed by atoms with van der Waals surface area (Å²) in [5.74, 6) is 0.541. The molecule has 1 saturated carbocycles. The van der Waals surface area contributed by atoms with Gasteiger partial charge in [0.25, 0.3) is 0 Å². The van der Waals surface area contributed by atoms with Crippen LogP contribution < -0.4 is 16.4 Å². The summed E-state index contributed by atoms with van der Waals surface area (Å²) < 4.78 is 0. The van der Waals surface area contributed by atoms with Crippen molar-refractivity contribution in [3.63, 3.8) is 0 Å². The molecule has 4 N–H and O–H groups in total. The molecule has 0 aromatic carbocycles. The number of amides is 2. The van der Waals surface area contributed by atoms with Crippen molar-refractivity contribution < 1.29 is 9.59 Å². The van der Waals surface area contributed by atoms with E-state index in [0.29, 0.717) is 19.0 Å². The highest BCUT2D eigenvalue weighted by molar-refractivity contribution is 5.86. The summed E-state index contributed by atoms with van der Waals surface area (Å²) in [6, 6.07) is 0. The fourth-order valence-electron chi connectivity index (χ4n) is 2.34. The zero-order valence-electron chi connectivity index (χ0n) is 11.4. The highest BCUT2D eigenvalue weighted by Gasteiger charge is 2.31. The molecule has 0 aromatic heterocycles. The van der Waals surface area contributed by atoms with E-state index in [4.69, 9.17) is 5.73 Å². The summed E-state index contributed by atoms with van der Waals surface area (Å²) in [6.45, 7) is 5.33. The second-order valence-corrected chi connectivity index (χ2v) is 5.45. The van der Waals surface area contributed by atoms with Crippen LogP contribution in [0.1, 0.15) is 33.1 Å². The molecule has 5 nitrogen and oxygen atoms in total. The predicted octanol–water partition coefficient (Wildman–Crippen LogP) is 0.250. The topological polar surface area (TPSA) is 84.2 Å². The van der Waals surface area contributed by atoms with Crippen molar-refractivity contribution in [2.75, 3.05) is 19.6 Å². The van der Waals surface area contributed by atoms with E-state index in [-0.39, 0.29) is 30.2 Å². The van der Waals surface area contributed by atoms with E-state index in [1.54, 1.807) is 0 Å². The number of nitrogens with two attached hydrogens (primary N) is 1. The quantitative estimate of drug-likeness (QED) is 0.636. The van der Waals surface area contributed by atoms with Crippen molar-refractivity contribution in [3.05, 3.63) is 0 Å². The third-order valence-corrected chi connectivity index (χ3v) is 3.43. The predicted molar refractivity (Wildman–Crippen MR) is 70.7 cm³/mol. The zero-order valence-corrected chi connectivity index (χ0v) is 11.4. The Hall–Kier alpha value is -1.10. The van der Waals surface area contributed by atoms with Gasteiger partial charge in [0.15, 0.2) is 0 Å². The monoisotopic (exact) mass is 255 g/mol. The lowest BCUT2D eigenvalue weighted by Crippen LogP contribution is -2.42. The van der Waals surface area contributed by atoms with Gasteiger partial charge in [-0.1, -0.05) is 20.3 Å². The van der Waals surface area contributed by atoms with Crippen LogP contribution >= 0.6 is 0 Å². The Balaban J connectivity index is 2.26. The molecule has 2 atom stereocenters. The Bertz CT molecular complexity index is 292. The number of rotatable bonds is 6. The minimum atomic E-state index is -0.126. The van der Waals surface area contributed by atoms with Gasteiger partial charge >= 0.3 is 0 Å². The molecule has 104 valence electrons. The minimum Gasteiger partial charge on any atom is -0.354 e.